The second-order valence-electron chi connectivity index (χ2n) is 7.92. The summed E-state index contributed by atoms with van der Waals surface area (Å²) in [6.07, 6.45) is 3.22. The van der Waals surface area contributed by atoms with Gasteiger partial charge in [0, 0.05) is 57.1 Å². The molecule has 0 saturated carbocycles. The minimum absolute atomic E-state index is 0.155. The number of hydrogen-bond acceptors (Lipinski definition) is 6. The molecule has 0 spiro atoms. The van der Waals surface area contributed by atoms with E-state index < -0.39 is 11.9 Å². The third-order valence-corrected chi connectivity index (χ3v) is 5.99. The van der Waals surface area contributed by atoms with Gasteiger partial charge in [0.25, 0.3) is 5.91 Å². The van der Waals surface area contributed by atoms with Crippen molar-refractivity contribution in [2.75, 3.05) is 31.7 Å². The van der Waals surface area contributed by atoms with Gasteiger partial charge in [-0.1, -0.05) is 0 Å². The number of anilines is 1. The molecule has 3 aromatic rings. The van der Waals surface area contributed by atoms with Crippen LogP contribution in [0.1, 0.15) is 13.3 Å². The number of nitrogens with zero attached hydrogens (tertiary/aromatic N) is 5. The molecule has 2 atom stereocenters. The Labute approximate surface area is 183 Å². The fourth-order valence-electron chi connectivity index (χ4n) is 4.37. The molecule has 1 aromatic carbocycles. The smallest absolute Gasteiger partial charge is 0.252 e. The zero-order valence-corrected chi connectivity index (χ0v) is 17.7. The molecule has 4 heterocycles. The van der Waals surface area contributed by atoms with E-state index in [1.54, 1.807) is 33.9 Å². The lowest BCUT2D eigenvalue weighted by Crippen LogP contribution is -2.44. The monoisotopic (exact) mass is 439 g/mol. The summed E-state index contributed by atoms with van der Waals surface area (Å²) in [4.78, 5) is 33.0. The van der Waals surface area contributed by atoms with Crippen molar-refractivity contribution < 1.29 is 23.5 Å². The average molecular weight is 439 g/mol. The number of methoxy groups -OCH3 is 1. The standard InChI is InChI=1S/C22H22FN5O4/c1-13(29)26-5-6-27-17(10-19(31-2)22(27)30)12-32-20-3-4-28-21(25-20)18(11-24-28)14-7-15(23)9-16(26)8-14/h3-4,7-9,11,17,19H,5-6,10,12H2,1-2H3/t17-,19+/m0/s1. The van der Waals surface area contributed by atoms with Crippen LogP contribution in [-0.2, 0) is 14.3 Å². The van der Waals surface area contributed by atoms with Gasteiger partial charge < -0.3 is 19.3 Å². The summed E-state index contributed by atoms with van der Waals surface area (Å²) in [6, 6.07) is 5.87. The first kappa shape index (κ1) is 20.4. The summed E-state index contributed by atoms with van der Waals surface area (Å²) in [6.45, 7) is 2.13. The average Bonchev–Trinajstić information content (AvgIpc) is 3.32. The van der Waals surface area contributed by atoms with Gasteiger partial charge in [0.05, 0.1) is 12.2 Å². The van der Waals surface area contributed by atoms with Crippen LogP contribution < -0.4 is 9.64 Å². The highest BCUT2D eigenvalue weighted by Crippen LogP contribution is 2.31. The molecule has 5 rings (SSSR count). The van der Waals surface area contributed by atoms with Gasteiger partial charge in [0.15, 0.2) is 5.65 Å². The van der Waals surface area contributed by atoms with Gasteiger partial charge in [-0.05, 0) is 23.8 Å². The van der Waals surface area contributed by atoms with E-state index in [9.17, 15) is 14.0 Å². The summed E-state index contributed by atoms with van der Waals surface area (Å²) >= 11 is 0. The maximum Gasteiger partial charge on any atom is 0.252 e. The summed E-state index contributed by atoms with van der Waals surface area (Å²) in [5, 5.41) is 4.30. The number of hydrogen-bond donors (Lipinski definition) is 0. The maximum absolute atomic E-state index is 14.6. The maximum atomic E-state index is 14.6. The van der Waals surface area contributed by atoms with E-state index in [0.29, 0.717) is 34.8 Å². The predicted octanol–water partition coefficient (Wildman–Crippen LogP) is 1.90. The molecule has 0 unspecified atom stereocenters. The zero-order valence-electron chi connectivity index (χ0n) is 17.7. The van der Waals surface area contributed by atoms with E-state index in [1.165, 1.54) is 31.1 Å². The highest BCUT2D eigenvalue weighted by Gasteiger charge is 2.40. The molecular formula is C22H22FN5O4. The molecule has 0 aliphatic carbocycles. The molecular weight excluding hydrogens is 417 g/mol. The molecule has 0 radical (unpaired) electrons. The number of fused-ring (bicyclic) bond motifs is 5. The van der Waals surface area contributed by atoms with Crippen molar-refractivity contribution in [3.63, 3.8) is 0 Å². The lowest BCUT2D eigenvalue weighted by Gasteiger charge is -2.29. The Morgan fingerprint density at radius 2 is 2.12 bits per heavy atom. The van der Waals surface area contributed by atoms with Crippen molar-refractivity contribution in [2.45, 2.75) is 25.5 Å². The molecule has 166 valence electrons. The van der Waals surface area contributed by atoms with Crippen molar-refractivity contribution in [3.8, 4) is 17.0 Å². The highest BCUT2D eigenvalue weighted by atomic mass is 19.1. The van der Waals surface area contributed by atoms with Crippen LogP contribution in [0.2, 0.25) is 0 Å². The number of halogens is 1. The molecule has 2 amide bonds. The number of benzene rings is 1. The second-order valence-corrected chi connectivity index (χ2v) is 7.92. The predicted molar refractivity (Wildman–Crippen MR) is 113 cm³/mol. The fraction of sp³-hybridized carbons (Fsp3) is 0.364. The first-order chi connectivity index (χ1) is 15.4. The quantitative estimate of drug-likeness (QED) is 0.575. The van der Waals surface area contributed by atoms with Crippen molar-refractivity contribution in [1.82, 2.24) is 19.5 Å². The van der Waals surface area contributed by atoms with Crippen LogP contribution in [-0.4, -0.2) is 70.3 Å². The lowest BCUT2D eigenvalue weighted by atomic mass is 10.1. The van der Waals surface area contributed by atoms with Crippen LogP contribution in [0.3, 0.4) is 0 Å². The van der Waals surface area contributed by atoms with Crippen molar-refractivity contribution in [1.29, 1.82) is 0 Å². The number of aromatic nitrogens is 3. The van der Waals surface area contributed by atoms with E-state index in [0.717, 1.165) is 0 Å². The minimum Gasteiger partial charge on any atom is -0.475 e. The molecule has 1 saturated heterocycles. The van der Waals surface area contributed by atoms with Gasteiger partial charge in [0.1, 0.15) is 18.5 Å². The molecule has 2 aromatic heterocycles. The zero-order chi connectivity index (χ0) is 22.4. The van der Waals surface area contributed by atoms with Crippen LogP contribution >= 0.6 is 0 Å². The van der Waals surface area contributed by atoms with Crippen LogP contribution in [0.5, 0.6) is 5.88 Å². The fourth-order valence-corrected chi connectivity index (χ4v) is 4.37. The van der Waals surface area contributed by atoms with Crippen LogP contribution in [0, 0.1) is 5.82 Å². The van der Waals surface area contributed by atoms with Crippen LogP contribution in [0.25, 0.3) is 16.8 Å². The van der Waals surface area contributed by atoms with E-state index in [2.05, 4.69) is 10.1 Å². The first-order valence-corrected chi connectivity index (χ1v) is 10.3. The molecule has 10 heteroatoms. The van der Waals surface area contributed by atoms with Gasteiger partial charge in [-0.3, -0.25) is 9.59 Å². The largest absolute Gasteiger partial charge is 0.475 e. The summed E-state index contributed by atoms with van der Waals surface area (Å²) in [5.74, 6) is -0.515. The minimum atomic E-state index is -0.567. The topological polar surface area (TPSA) is 89.3 Å². The van der Waals surface area contributed by atoms with Gasteiger partial charge >= 0.3 is 0 Å². The number of carbonyl (C=O) groups excluding carboxylic acids is 2. The Bertz CT molecular complexity index is 1210. The number of rotatable bonds is 1. The molecule has 2 aliphatic heterocycles. The number of amides is 2. The van der Waals surface area contributed by atoms with Crippen LogP contribution in [0.4, 0.5) is 10.1 Å². The van der Waals surface area contributed by atoms with Crippen molar-refractivity contribution >= 4 is 23.1 Å². The SMILES string of the molecule is CO[C@@H]1C[C@H]2COc3ccn4ncc(c4n3)-c3cc(F)cc(c3)N(C(C)=O)CCN2C1=O. The Morgan fingerprint density at radius 1 is 1.28 bits per heavy atom. The normalized spacial score (nSPS) is 20.9. The molecule has 0 N–H and O–H groups in total. The number of ether oxygens (including phenoxy) is 2. The van der Waals surface area contributed by atoms with E-state index in [4.69, 9.17) is 9.47 Å². The molecule has 32 heavy (non-hydrogen) atoms. The second kappa shape index (κ2) is 7.86. The van der Waals surface area contributed by atoms with Crippen LogP contribution in [0.15, 0.2) is 36.7 Å². The molecule has 9 nitrogen and oxygen atoms in total. The van der Waals surface area contributed by atoms with Gasteiger partial charge in [-0.25, -0.2) is 8.91 Å². The lowest BCUT2D eigenvalue weighted by molar-refractivity contribution is -0.137. The summed E-state index contributed by atoms with van der Waals surface area (Å²) < 4.78 is 27.5. The van der Waals surface area contributed by atoms with E-state index in [-0.39, 0.29) is 37.6 Å². The third-order valence-electron chi connectivity index (χ3n) is 5.99. The van der Waals surface area contributed by atoms with E-state index in [1.807, 2.05) is 0 Å². The van der Waals surface area contributed by atoms with Gasteiger partial charge in [0.2, 0.25) is 11.8 Å². The first-order valence-electron chi connectivity index (χ1n) is 10.3. The Balaban J connectivity index is 1.64. The number of carbonyl (C=O) groups is 2. The Morgan fingerprint density at radius 3 is 2.91 bits per heavy atom. The highest BCUT2D eigenvalue weighted by molar-refractivity contribution is 5.93. The van der Waals surface area contributed by atoms with Crippen molar-refractivity contribution in [2.24, 2.45) is 0 Å². The van der Waals surface area contributed by atoms with Crippen molar-refractivity contribution in [3.05, 3.63) is 42.5 Å². The van der Waals surface area contributed by atoms with Gasteiger partial charge in [-0.2, -0.15) is 10.1 Å². The Hall–Kier alpha value is -3.53. The molecule has 1 fully saturated rings. The van der Waals surface area contributed by atoms with E-state index >= 15 is 0 Å². The third kappa shape index (κ3) is 3.46. The van der Waals surface area contributed by atoms with Gasteiger partial charge in [-0.15, -0.1) is 0 Å². The molecule has 2 aliphatic rings. The Kier molecular flexibility index (Phi) is 5.01. The summed E-state index contributed by atoms with van der Waals surface area (Å²) in [5.41, 5.74) is 2.06. The summed E-state index contributed by atoms with van der Waals surface area (Å²) in [7, 11) is 1.50. The molecule has 4 bridgehead atoms.